The van der Waals surface area contributed by atoms with Gasteiger partial charge in [0.1, 0.15) is 0 Å². The summed E-state index contributed by atoms with van der Waals surface area (Å²) in [5.41, 5.74) is 6.46. The number of amides is 1. The van der Waals surface area contributed by atoms with Gasteiger partial charge in [0.15, 0.2) is 5.82 Å². The van der Waals surface area contributed by atoms with Crippen LogP contribution in [-0.2, 0) is 23.1 Å². The summed E-state index contributed by atoms with van der Waals surface area (Å²) in [6.07, 6.45) is 6.68. The molecule has 1 amide bonds. The minimum Gasteiger partial charge on any atom is -0.378 e. The van der Waals surface area contributed by atoms with E-state index in [9.17, 15) is 4.79 Å². The third kappa shape index (κ3) is 4.04. The van der Waals surface area contributed by atoms with Crippen LogP contribution in [0.4, 0.5) is 5.82 Å². The number of ether oxygens (including phenoxy) is 1. The summed E-state index contributed by atoms with van der Waals surface area (Å²) >= 11 is 0. The normalized spacial score (nSPS) is 19.4. The van der Waals surface area contributed by atoms with Gasteiger partial charge in [-0.25, -0.2) is 0 Å². The fourth-order valence-electron chi connectivity index (χ4n) is 2.31. The molecule has 1 aliphatic rings. The molecule has 0 aromatic carbocycles. The Labute approximate surface area is 113 Å². The zero-order valence-corrected chi connectivity index (χ0v) is 11.4. The number of carbonyl (C=O) groups excluding carboxylic acids is 1. The van der Waals surface area contributed by atoms with Gasteiger partial charge in [0.25, 0.3) is 0 Å². The van der Waals surface area contributed by atoms with Crippen LogP contribution >= 0.6 is 0 Å². The first-order valence-corrected chi connectivity index (χ1v) is 6.83. The van der Waals surface area contributed by atoms with Crippen LogP contribution < -0.4 is 11.1 Å². The maximum Gasteiger partial charge on any atom is 0.225 e. The minimum absolute atomic E-state index is 0.0254. The van der Waals surface area contributed by atoms with Crippen molar-refractivity contribution in [1.29, 1.82) is 0 Å². The average Bonchev–Trinajstić information content (AvgIpc) is 2.77. The molecule has 0 aliphatic carbocycles. The zero-order valence-electron chi connectivity index (χ0n) is 11.4. The lowest BCUT2D eigenvalue weighted by molar-refractivity contribution is -0.117. The van der Waals surface area contributed by atoms with Crippen molar-refractivity contribution in [1.82, 2.24) is 9.78 Å². The molecule has 1 aliphatic heterocycles. The van der Waals surface area contributed by atoms with Gasteiger partial charge >= 0.3 is 0 Å². The molecule has 1 fully saturated rings. The van der Waals surface area contributed by atoms with Gasteiger partial charge in [-0.2, -0.15) is 5.10 Å². The predicted molar refractivity (Wildman–Crippen MR) is 72.6 cm³/mol. The van der Waals surface area contributed by atoms with Crippen LogP contribution in [0.1, 0.15) is 37.7 Å². The molecule has 0 radical (unpaired) electrons. The van der Waals surface area contributed by atoms with Crippen molar-refractivity contribution >= 4 is 11.7 Å². The van der Waals surface area contributed by atoms with Crippen molar-refractivity contribution in [3.05, 3.63) is 11.8 Å². The Balaban J connectivity index is 1.80. The summed E-state index contributed by atoms with van der Waals surface area (Å²) in [4.78, 5) is 11.9. The molecule has 1 unspecified atom stereocenters. The number of anilines is 1. The van der Waals surface area contributed by atoms with Crippen LogP contribution in [0.2, 0.25) is 0 Å². The molecule has 6 heteroatoms. The highest BCUT2D eigenvalue weighted by Gasteiger charge is 2.16. The van der Waals surface area contributed by atoms with Crippen LogP contribution in [0.25, 0.3) is 0 Å². The molecule has 1 aromatic heterocycles. The zero-order chi connectivity index (χ0) is 13.7. The molecule has 0 saturated carbocycles. The second kappa shape index (κ2) is 6.68. The Bertz CT molecular complexity index is 424. The lowest BCUT2D eigenvalue weighted by Gasteiger charge is -2.22. The summed E-state index contributed by atoms with van der Waals surface area (Å²) in [7, 11) is 1.81. The molecule has 0 bridgehead atoms. The molecule has 0 spiro atoms. The van der Waals surface area contributed by atoms with E-state index in [0.717, 1.165) is 31.4 Å². The Morgan fingerprint density at radius 1 is 1.63 bits per heavy atom. The van der Waals surface area contributed by atoms with Crippen molar-refractivity contribution in [3.8, 4) is 0 Å². The third-order valence-corrected chi connectivity index (χ3v) is 3.35. The van der Waals surface area contributed by atoms with Crippen molar-refractivity contribution < 1.29 is 9.53 Å². The molecule has 2 heterocycles. The summed E-state index contributed by atoms with van der Waals surface area (Å²) in [5.74, 6) is 0.544. The van der Waals surface area contributed by atoms with Crippen LogP contribution in [0.5, 0.6) is 0 Å². The number of nitrogens with zero attached hydrogens (tertiary/aromatic N) is 2. The highest BCUT2D eigenvalue weighted by molar-refractivity contribution is 5.90. The van der Waals surface area contributed by atoms with Gasteiger partial charge in [-0.15, -0.1) is 0 Å². The predicted octanol–water partition coefficient (Wildman–Crippen LogP) is 1.17. The second-order valence-corrected chi connectivity index (χ2v) is 4.96. The van der Waals surface area contributed by atoms with E-state index in [4.69, 9.17) is 10.5 Å². The van der Waals surface area contributed by atoms with E-state index in [1.54, 1.807) is 4.68 Å². The van der Waals surface area contributed by atoms with Gasteiger partial charge in [0.05, 0.1) is 6.10 Å². The Morgan fingerprint density at radius 2 is 2.47 bits per heavy atom. The smallest absolute Gasteiger partial charge is 0.225 e. The molecule has 6 nitrogen and oxygen atoms in total. The number of aromatic nitrogens is 2. The largest absolute Gasteiger partial charge is 0.378 e. The molecule has 106 valence electrons. The topological polar surface area (TPSA) is 82.2 Å². The van der Waals surface area contributed by atoms with Crippen LogP contribution in [0.3, 0.4) is 0 Å². The third-order valence-electron chi connectivity index (χ3n) is 3.35. The standard InChI is InChI=1S/C13H22N4O2/c1-17-9-10(8-14)13(16-17)15-12(18)6-5-11-4-2-3-7-19-11/h9,11H,2-8,14H2,1H3,(H,15,16,18). The fourth-order valence-corrected chi connectivity index (χ4v) is 2.31. The van der Waals surface area contributed by atoms with Crippen molar-refractivity contribution in [2.24, 2.45) is 12.8 Å². The van der Waals surface area contributed by atoms with Crippen molar-refractivity contribution in [3.63, 3.8) is 0 Å². The highest BCUT2D eigenvalue weighted by atomic mass is 16.5. The first-order valence-electron chi connectivity index (χ1n) is 6.83. The van der Waals surface area contributed by atoms with Gasteiger partial charge in [0, 0.05) is 38.4 Å². The molecule has 1 aromatic rings. The Morgan fingerprint density at radius 3 is 3.16 bits per heavy atom. The molecule has 1 atom stereocenters. The second-order valence-electron chi connectivity index (χ2n) is 4.96. The number of nitrogens with one attached hydrogen (secondary N) is 1. The van der Waals surface area contributed by atoms with Crippen molar-refractivity contribution in [2.75, 3.05) is 11.9 Å². The number of carbonyl (C=O) groups is 1. The van der Waals surface area contributed by atoms with Crippen LogP contribution in [0, 0.1) is 0 Å². The maximum atomic E-state index is 11.9. The van der Waals surface area contributed by atoms with Crippen LogP contribution in [0.15, 0.2) is 6.20 Å². The van der Waals surface area contributed by atoms with Gasteiger partial charge in [-0.1, -0.05) is 0 Å². The number of hydrogen-bond acceptors (Lipinski definition) is 4. The number of nitrogens with two attached hydrogens (primary N) is 1. The quantitative estimate of drug-likeness (QED) is 0.838. The van der Waals surface area contributed by atoms with Crippen molar-refractivity contribution in [2.45, 2.75) is 44.8 Å². The fraction of sp³-hybridized carbons (Fsp3) is 0.692. The molecule has 3 N–H and O–H groups in total. The highest BCUT2D eigenvalue weighted by Crippen LogP contribution is 2.18. The number of hydrogen-bond donors (Lipinski definition) is 2. The van der Waals surface area contributed by atoms with Gasteiger partial charge < -0.3 is 15.8 Å². The SMILES string of the molecule is Cn1cc(CN)c(NC(=O)CCC2CCCCO2)n1. The lowest BCUT2D eigenvalue weighted by Crippen LogP contribution is -2.22. The molecular formula is C13H22N4O2. The Kier molecular flexibility index (Phi) is 4.93. The van der Waals surface area contributed by atoms with E-state index in [0.29, 0.717) is 18.8 Å². The van der Waals surface area contributed by atoms with Crippen LogP contribution in [-0.4, -0.2) is 28.4 Å². The number of rotatable bonds is 5. The summed E-state index contributed by atoms with van der Waals surface area (Å²) in [6.45, 7) is 1.19. The van der Waals surface area contributed by atoms with E-state index < -0.39 is 0 Å². The molecule has 19 heavy (non-hydrogen) atoms. The Hall–Kier alpha value is -1.40. The average molecular weight is 266 g/mol. The summed E-state index contributed by atoms with van der Waals surface area (Å²) in [5, 5.41) is 7.01. The van der Waals surface area contributed by atoms with E-state index in [2.05, 4.69) is 10.4 Å². The first kappa shape index (κ1) is 14.0. The van der Waals surface area contributed by atoms with E-state index in [1.165, 1.54) is 6.42 Å². The monoisotopic (exact) mass is 266 g/mol. The summed E-state index contributed by atoms with van der Waals surface area (Å²) in [6, 6.07) is 0. The van der Waals surface area contributed by atoms with E-state index in [-0.39, 0.29) is 12.0 Å². The first-order chi connectivity index (χ1) is 9.19. The van der Waals surface area contributed by atoms with Gasteiger partial charge in [0.2, 0.25) is 5.91 Å². The molecule has 2 rings (SSSR count). The number of aryl methyl sites for hydroxylation is 1. The molecule has 1 saturated heterocycles. The van der Waals surface area contributed by atoms with E-state index >= 15 is 0 Å². The summed E-state index contributed by atoms with van der Waals surface area (Å²) < 4.78 is 7.26. The van der Waals surface area contributed by atoms with E-state index in [1.807, 2.05) is 13.2 Å². The maximum absolute atomic E-state index is 11.9. The minimum atomic E-state index is -0.0254. The lowest BCUT2D eigenvalue weighted by atomic mass is 10.0. The molecular weight excluding hydrogens is 244 g/mol. The van der Waals surface area contributed by atoms with Gasteiger partial charge in [-0.3, -0.25) is 9.48 Å². The van der Waals surface area contributed by atoms with Gasteiger partial charge in [-0.05, 0) is 25.7 Å².